The second kappa shape index (κ2) is 11.5. The highest BCUT2D eigenvalue weighted by Crippen LogP contribution is 2.35. The molecule has 0 amide bonds. The van der Waals surface area contributed by atoms with Gasteiger partial charge in [-0.05, 0) is 79.8 Å². The SMILES string of the molecule is CC(C)[C@@H]1CC[C@@H](C)CC1OC(=O)Cn1c(-c2ccc(N3CCCC3)cc2)[n+](C)c2ccccc21.[I-]. The number of fused-ring (bicyclic) bond motifs is 1. The summed E-state index contributed by atoms with van der Waals surface area (Å²) < 4.78 is 10.5. The molecule has 1 aliphatic heterocycles. The summed E-state index contributed by atoms with van der Waals surface area (Å²) in [5.74, 6) is 2.48. The monoisotopic (exact) mass is 601 g/mol. The number of anilines is 1. The molecule has 0 N–H and O–H groups in total. The minimum Gasteiger partial charge on any atom is -1.00 e. The second-order valence-electron chi connectivity index (χ2n) is 11.1. The van der Waals surface area contributed by atoms with E-state index in [1.165, 1.54) is 24.9 Å². The fraction of sp³-hybridized carbons (Fsp3) is 0.533. The molecule has 2 aliphatic rings. The molecular weight excluding hydrogens is 561 g/mol. The van der Waals surface area contributed by atoms with Gasteiger partial charge in [0, 0.05) is 18.8 Å². The van der Waals surface area contributed by atoms with Gasteiger partial charge in [-0.25, -0.2) is 13.9 Å². The van der Waals surface area contributed by atoms with Gasteiger partial charge in [-0.1, -0.05) is 39.3 Å². The minimum atomic E-state index is -0.133. The Kier molecular flexibility index (Phi) is 8.63. The average Bonchev–Trinajstić information content (AvgIpc) is 3.47. The number of halogens is 1. The van der Waals surface area contributed by atoms with Crippen molar-refractivity contribution in [2.75, 3.05) is 18.0 Å². The highest BCUT2D eigenvalue weighted by atomic mass is 127. The molecule has 1 saturated heterocycles. The molecule has 5 rings (SSSR count). The molecule has 0 bridgehead atoms. The maximum absolute atomic E-state index is 13.4. The van der Waals surface area contributed by atoms with Crippen molar-refractivity contribution in [2.24, 2.45) is 24.8 Å². The Morgan fingerprint density at radius 1 is 1.06 bits per heavy atom. The number of aromatic nitrogens is 2. The standard InChI is InChI=1S/C30H40N3O2.HI/c1-21(2)25-16-11-22(3)19-28(25)35-29(34)20-33-27-10-6-5-9-26(27)31(4)30(33)23-12-14-24(15-13-23)32-17-7-8-18-32;/h5-6,9-10,12-15,21-22,25,28H,7-8,11,16-20H2,1-4H3;1H/q+1;/p-1/t22-,25+,28?;/m1./s1. The maximum atomic E-state index is 13.4. The fourth-order valence-electron chi connectivity index (χ4n) is 6.28. The molecule has 5 nitrogen and oxygen atoms in total. The Labute approximate surface area is 232 Å². The number of ether oxygens (including phenoxy) is 1. The van der Waals surface area contributed by atoms with Crippen LogP contribution in [0.1, 0.15) is 52.9 Å². The summed E-state index contributed by atoms with van der Waals surface area (Å²) >= 11 is 0. The van der Waals surface area contributed by atoms with Gasteiger partial charge in [0.15, 0.2) is 17.6 Å². The average molecular weight is 602 g/mol. The summed E-state index contributed by atoms with van der Waals surface area (Å²) in [7, 11) is 2.09. The van der Waals surface area contributed by atoms with E-state index in [1.54, 1.807) is 0 Å². The smallest absolute Gasteiger partial charge is 0.348 e. The van der Waals surface area contributed by atoms with Crippen LogP contribution in [0.4, 0.5) is 5.69 Å². The Balaban J connectivity index is 0.00000304. The molecule has 6 heteroatoms. The summed E-state index contributed by atoms with van der Waals surface area (Å²) in [4.78, 5) is 15.8. The van der Waals surface area contributed by atoms with E-state index in [1.807, 2.05) is 6.07 Å². The molecule has 2 aromatic carbocycles. The third-order valence-corrected chi connectivity index (χ3v) is 8.24. The summed E-state index contributed by atoms with van der Waals surface area (Å²) in [6, 6.07) is 17.2. The number of esters is 1. The summed E-state index contributed by atoms with van der Waals surface area (Å²) in [5.41, 5.74) is 4.57. The zero-order valence-corrected chi connectivity index (χ0v) is 24.3. The molecule has 1 aromatic heterocycles. The number of imidazole rings is 1. The quantitative estimate of drug-likeness (QED) is 0.248. The summed E-state index contributed by atoms with van der Waals surface area (Å²) in [6.45, 7) is 9.28. The van der Waals surface area contributed by atoms with Crippen molar-refractivity contribution >= 4 is 22.7 Å². The van der Waals surface area contributed by atoms with Crippen molar-refractivity contribution in [1.82, 2.24) is 4.57 Å². The van der Waals surface area contributed by atoms with Crippen molar-refractivity contribution in [3.63, 3.8) is 0 Å². The number of rotatable bonds is 6. The van der Waals surface area contributed by atoms with Crippen LogP contribution in [0.2, 0.25) is 0 Å². The van der Waals surface area contributed by atoms with Gasteiger partial charge >= 0.3 is 5.97 Å². The normalized spacial score (nSPS) is 22.1. The fourth-order valence-corrected chi connectivity index (χ4v) is 6.28. The van der Waals surface area contributed by atoms with Gasteiger partial charge in [0.25, 0.3) is 5.82 Å². The topological polar surface area (TPSA) is 38.4 Å². The molecule has 3 aromatic rings. The van der Waals surface area contributed by atoms with Crippen LogP contribution in [-0.4, -0.2) is 29.7 Å². The first kappa shape index (κ1) is 27.0. The molecular formula is C30H40IN3O2. The number of carbonyl (C=O) groups is 1. The number of hydrogen-bond donors (Lipinski definition) is 0. The molecule has 0 radical (unpaired) electrons. The number of nitrogens with zero attached hydrogens (tertiary/aromatic N) is 3. The number of carbonyl (C=O) groups excluding carboxylic acids is 1. The second-order valence-corrected chi connectivity index (χ2v) is 11.1. The lowest BCUT2D eigenvalue weighted by Crippen LogP contribution is -3.00. The molecule has 1 saturated carbocycles. The van der Waals surface area contributed by atoms with Crippen molar-refractivity contribution in [3.05, 3.63) is 48.5 Å². The highest BCUT2D eigenvalue weighted by molar-refractivity contribution is 5.80. The van der Waals surface area contributed by atoms with Crippen molar-refractivity contribution in [1.29, 1.82) is 0 Å². The Morgan fingerprint density at radius 2 is 1.75 bits per heavy atom. The van der Waals surface area contributed by atoms with Crippen LogP contribution in [0.15, 0.2) is 48.5 Å². The third kappa shape index (κ3) is 5.43. The molecule has 194 valence electrons. The van der Waals surface area contributed by atoms with Gasteiger partial charge in [0.2, 0.25) is 0 Å². The highest BCUT2D eigenvalue weighted by Gasteiger charge is 2.34. The Morgan fingerprint density at radius 3 is 2.44 bits per heavy atom. The zero-order chi connectivity index (χ0) is 24.5. The number of hydrogen-bond acceptors (Lipinski definition) is 3. The molecule has 3 atom stereocenters. The zero-order valence-electron chi connectivity index (χ0n) is 22.1. The van der Waals surface area contributed by atoms with Gasteiger partial charge in [0.05, 0.1) is 12.6 Å². The van der Waals surface area contributed by atoms with Crippen molar-refractivity contribution in [2.45, 2.75) is 65.5 Å². The Hall–Kier alpha value is -2.09. The number of para-hydroxylation sites is 2. The van der Waals surface area contributed by atoms with E-state index in [9.17, 15) is 4.79 Å². The van der Waals surface area contributed by atoms with E-state index in [0.717, 1.165) is 48.4 Å². The molecule has 36 heavy (non-hydrogen) atoms. The van der Waals surface area contributed by atoms with Crippen LogP contribution >= 0.6 is 0 Å². The lowest BCUT2D eigenvalue weighted by Gasteiger charge is -2.36. The van der Waals surface area contributed by atoms with Crippen LogP contribution < -0.4 is 33.4 Å². The predicted octanol–water partition coefficient (Wildman–Crippen LogP) is 2.74. The lowest BCUT2D eigenvalue weighted by atomic mass is 9.75. The van der Waals surface area contributed by atoms with Crippen LogP contribution in [-0.2, 0) is 23.1 Å². The van der Waals surface area contributed by atoms with Crippen LogP contribution in [0.5, 0.6) is 0 Å². The molecule has 1 aliphatic carbocycles. The third-order valence-electron chi connectivity index (χ3n) is 8.24. The van der Waals surface area contributed by atoms with Gasteiger partial charge in [-0.15, -0.1) is 0 Å². The molecule has 0 spiro atoms. The number of benzene rings is 2. The van der Waals surface area contributed by atoms with E-state index < -0.39 is 0 Å². The predicted molar refractivity (Wildman–Crippen MR) is 141 cm³/mol. The van der Waals surface area contributed by atoms with E-state index in [-0.39, 0.29) is 42.6 Å². The van der Waals surface area contributed by atoms with E-state index >= 15 is 0 Å². The molecule has 1 unspecified atom stereocenters. The first-order valence-corrected chi connectivity index (χ1v) is 13.4. The van der Waals surface area contributed by atoms with Crippen LogP contribution in [0.3, 0.4) is 0 Å². The van der Waals surface area contributed by atoms with Crippen molar-refractivity contribution in [3.8, 4) is 11.4 Å². The summed E-state index contributed by atoms with van der Waals surface area (Å²) in [6.07, 6.45) is 5.90. The van der Waals surface area contributed by atoms with Crippen molar-refractivity contribution < 1.29 is 38.1 Å². The molecule has 2 heterocycles. The van der Waals surface area contributed by atoms with E-state index in [2.05, 4.69) is 84.3 Å². The first-order valence-electron chi connectivity index (χ1n) is 13.4. The van der Waals surface area contributed by atoms with Gasteiger partial charge in [-0.2, -0.15) is 0 Å². The van der Waals surface area contributed by atoms with Crippen LogP contribution in [0.25, 0.3) is 22.4 Å². The maximum Gasteiger partial charge on any atom is 0.348 e. The van der Waals surface area contributed by atoms with E-state index in [0.29, 0.717) is 17.8 Å². The minimum absolute atomic E-state index is 0. The van der Waals surface area contributed by atoms with Crippen LogP contribution in [0, 0.1) is 17.8 Å². The van der Waals surface area contributed by atoms with Gasteiger partial charge in [-0.3, -0.25) is 0 Å². The Bertz CT molecular complexity index is 1180. The number of aryl methyl sites for hydroxylation is 1. The summed E-state index contributed by atoms with van der Waals surface area (Å²) in [5, 5.41) is 0. The van der Waals surface area contributed by atoms with Gasteiger partial charge in [0.1, 0.15) is 6.10 Å². The molecule has 2 fully saturated rings. The van der Waals surface area contributed by atoms with Gasteiger partial charge < -0.3 is 33.6 Å². The lowest BCUT2D eigenvalue weighted by molar-refractivity contribution is -0.634. The van der Waals surface area contributed by atoms with E-state index in [4.69, 9.17) is 4.74 Å². The largest absolute Gasteiger partial charge is 1.00 e. The first-order chi connectivity index (χ1) is 16.9.